The second kappa shape index (κ2) is 10.9. The number of methoxy groups -OCH3 is 1. The summed E-state index contributed by atoms with van der Waals surface area (Å²) in [5.41, 5.74) is 4.25. The molecule has 0 amide bonds. The van der Waals surface area contributed by atoms with E-state index in [2.05, 4.69) is 66.5 Å². The lowest BCUT2D eigenvalue weighted by molar-refractivity contribution is 0.291. The molecule has 1 atom stereocenters. The van der Waals surface area contributed by atoms with Gasteiger partial charge in [0.25, 0.3) is 0 Å². The van der Waals surface area contributed by atoms with Crippen LogP contribution in [-0.2, 0) is 0 Å². The Morgan fingerprint density at radius 2 is 1.73 bits per heavy atom. The highest BCUT2D eigenvalue weighted by molar-refractivity contribution is 6.31. The largest absolute Gasteiger partial charge is 0.497 e. The number of fused-ring (bicyclic) bond motifs is 2. The number of aromatic nitrogens is 1. The number of hydrogen-bond donors (Lipinski definition) is 1. The quantitative estimate of drug-likeness (QED) is 0.258. The zero-order valence-corrected chi connectivity index (χ0v) is 20.4. The molecule has 5 heteroatoms. The van der Waals surface area contributed by atoms with Gasteiger partial charge >= 0.3 is 0 Å². The lowest BCUT2D eigenvalue weighted by Crippen LogP contribution is -2.26. The molecular formula is C28H32ClN3O. The number of anilines is 1. The van der Waals surface area contributed by atoms with Crippen LogP contribution < -0.4 is 10.1 Å². The number of ether oxygens (including phenoxy) is 1. The summed E-state index contributed by atoms with van der Waals surface area (Å²) in [7, 11) is 1.70. The second-order valence-corrected chi connectivity index (χ2v) is 8.77. The molecule has 4 nitrogen and oxygen atoms in total. The summed E-state index contributed by atoms with van der Waals surface area (Å²) < 4.78 is 5.51. The summed E-state index contributed by atoms with van der Waals surface area (Å²) in [5.74, 6) is 1.21. The van der Waals surface area contributed by atoms with Crippen molar-refractivity contribution < 1.29 is 4.74 Å². The fraction of sp³-hybridized carbons (Fsp3) is 0.321. The Bertz CT molecular complexity index is 1210. The normalized spacial score (nSPS) is 12.4. The lowest BCUT2D eigenvalue weighted by Gasteiger charge is -2.24. The SMILES string of the molecule is CCN(CC)CC[C@@H](CNc1c2ccc(Cl)cc2nc2ccc(OC)cc12)c1ccccc1. The first kappa shape index (κ1) is 23.3. The number of nitrogens with zero attached hydrogens (tertiary/aromatic N) is 2. The molecule has 0 aliphatic rings. The fourth-order valence-electron chi connectivity index (χ4n) is 4.43. The van der Waals surface area contributed by atoms with Crippen molar-refractivity contribution in [3.63, 3.8) is 0 Å². The van der Waals surface area contributed by atoms with Gasteiger partial charge in [0, 0.05) is 28.3 Å². The number of halogens is 1. The summed E-state index contributed by atoms with van der Waals surface area (Å²) in [6, 6.07) is 22.7. The van der Waals surface area contributed by atoms with Crippen molar-refractivity contribution in [2.75, 3.05) is 38.6 Å². The minimum atomic E-state index is 0.392. The van der Waals surface area contributed by atoms with Crippen molar-refractivity contribution in [3.8, 4) is 5.75 Å². The van der Waals surface area contributed by atoms with Crippen LogP contribution >= 0.6 is 11.6 Å². The van der Waals surface area contributed by atoms with Gasteiger partial charge in [-0.1, -0.05) is 55.8 Å². The van der Waals surface area contributed by atoms with E-state index in [0.29, 0.717) is 10.9 Å². The Kier molecular flexibility index (Phi) is 7.69. The molecule has 4 rings (SSSR count). The lowest BCUT2D eigenvalue weighted by atomic mass is 9.95. The summed E-state index contributed by atoms with van der Waals surface area (Å²) in [6.45, 7) is 8.52. The molecule has 4 aromatic rings. The molecule has 0 fully saturated rings. The summed E-state index contributed by atoms with van der Waals surface area (Å²) in [4.78, 5) is 7.34. The van der Waals surface area contributed by atoms with Crippen molar-refractivity contribution in [2.45, 2.75) is 26.2 Å². The molecule has 0 aliphatic heterocycles. The molecule has 0 aliphatic carbocycles. The first-order valence-corrected chi connectivity index (χ1v) is 12.1. The van der Waals surface area contributed by atoms with E-state index in [9.17, 15) is 0 Å². The molecule has 0 radical (unpaired) electrons. The van der Waals surface area contributed by atoms with Gasteiger partial charge in [0.15, 0.2) is 0 Å². The maximum atomic E-state index is 6.29. The first-order chi connectivity index (χ1) is 16.1. The van der Waals surface area contributed by atoms with Gasteiger partial charge in [-0.15, -0.1) is 0 Å². The van der Waals surface area contributed by atoms with Crippen LogP contribution in [0.25, 0.3) is 21.8 Å². The molecule has 3 aromatic carbocycles. The standard InChI is InChI=1S/C28H32ClN3O/c1-4-32(5-2)16-15-21(20-9-7-6-8-10-20)19-30-28-24-13-11-22(29)17-27(24)31-26-14-12-23(33-3)18-25(26)28/h6-14,17-18,21H,4-5,15-16,19H2,1-3H3,(H,30,31)/t21-/m0/s1. The van der Waals surface area contributed by atoms with Crippen molar-refractivity contribution in [2.24, 2.45) is 0 Å². The molecule has 0 spiro atoms. The highest BCUT2D eigenvalue weighted by atomic mass is 35.5. The number of hydrogen-bond acceptors (Lipinski definition) is 4. The van der Waals surface area contributed by atoms with Crippen LogP contribution in [0.5, 0.6) is 5.75 Å². The van der Waals surface area contributed by atoms with Crippen molar-refractivity contribution in [1.29, 1.82) is 0 Å². The third-order valence-corrected chi connectivity index (χ3v) is 6.66. The van der Waals surface area contributed by atoms with Crippen LogP contribution in [0.4, 0.5) is 5.69 Å². The molecule has 0 saturated carbocycles. The smallest absolute Gasteiger partial charge is 0.119 e. The molecule has 1 heterocycles. The average Bonchev–Trinajstić information content (AvgIpc) is 2.85. The number of benzene rings is 3. The average molecular weight is 462 g/mol. The van der Waals surface area contributed by atoms with Crippen molar-refractivity contribution in [3.05, 3.63) is 77.3 Å². The summed E-state index contributed by atoms with van der Waals surface area (Å²) in [5, 5.41) is 6.61. The van der Waals surface area contributed by atoms with Crippen LogP contribution in [0.3, 0.4) is 0 Å². The topological polar surface area (TPSA) is 37.4 Å². The van der Waals surface area contributed by atoms with E-state index in [1.165, 1.54) is 5.56 Å². The third kappa shape index (κ3) is 5.40. The second-order valence-electron chi connectivity index (χ2n) is 8.34. The molecule has 0 bridgehead atoms. The van der Waals surface area contributed by atoms with Gasteiger partial charge < -0.3 is 15.0 Å². The van der Waals surface area contributed by atoms with Crippen LogP contribution in [0.1, 0.15) is 31.7 Å². The van der Waals surface area contributed by atoms with E-state index in [4.69, 9.17) is 21.3 Å². The summed E-state index contributed by atoms with van der Waals surface area (Å²) >= 11 is 6.29. The minimum Gasteiger partial charge on any atom is -0.497 e. The van der Waals surface area contributed by atoms with Gasteiger partial charge in [-0.25, -0.2) is 4.98 Å². The van der Waals surface area contributed by atoms with Crippen LogP contribution in [0, 0.1) is 0 Å². The predicted molar refractivity (Wildman–Crippen MR) is 141 cm³/mol. The zero-order chi connectivity index (χ0) is 23.2. The third-order valence-electron chi connectivity index (χ3n) is 6.43. The van der Waals surface area contributed by atoms with Gasteiger partial charge in [-0.2, -0.15) is 0 Å². The van der Waals surface area contributed by atoms with Gasteiger partial charge in [0.1, 0.15) is 5.75 Å². The van der Waals surface area contributed by atoms with Gasteiger partial charge in [-0.05, 0) is 68.0 Å². The van der Waals surface area contributed by atoms with Gasteiger partial charge in [0.05, 0.1) is 23.8 Å². The van der Waals surface area contributed by atoms with Crippen LogP contribution in [-0.4, -0.2) is 43.2 Å². The highest BCUT2D eigenvalue weighted by Crippen LogP contribution is 2.35. The Labute approximate surface area is 201 Å². The first-order valence-electron chi connectivity index (χ1n) is 11.7. The zero-order valence-electron chi connectivity index (χ0n) is 19.6. The predicted octanol–water partition coefficient (Wildman–Crippen LogP) is 6.98. The van der Waals surface area contributed by atoms with E-state index in [-0.39, 0.29) is 0 Å². The molecule has 33 heavy (non-hydrogen) atoms. The van der Waals surface area contributed by atoms with Crippen molar-refractivity contribution >= 4 is 39.1 Å². The molecule has 0 saturated heterocycles. The molecular weight excluding hydrogens is 430 g/mol. The van der Waals surface area contributed by atoms with E-state index in [0.717, 1.165) is 65.8 Å². The monoisotopic (exact) mass is 461 g/mol. The van der Waals surface area contributed by atoms with E-state index in [1.807, 2.05) is 24.3 Å². The Morgan fingerprint density at radius 3 is 2.45 bits per heavy atom. The minimum absolute atomic E-state index is 0.392. The molecule has 1 aromatic heterocycles. The van der Waals surface area contributed by atoms with E-state index < -0.39 is 0 Å². The van der Waals surface area contributed by atoms with E-state index >= 15 is 0 Å². The van der Waals surface area contributed by atoms with Crippen LogP contribution in [0.2, 0.25) is 5.02 Å². The van der Waals surface area contributed by atoms with Gasteiger partial charge in [-0.3, -0.25) is 0 Å². The maximum absolute atomic E-state index is 6.29. The van der Waals surface area contributed by atoms with Gasteiger partial charge in [0.2, 0.25) is 0 Å². The summed E-state index contributed by atoms with van der Waals surface area (Å²) in [6.07, 6.45) is 1.09. The molecule has 172 valence electrons. The Morgan fingerprint density at radius 1 is 0.939 bits per heavy atom. The molecule has 0 unspecified atom stereocenters. The number of nitrogens with one attached hydrogen (secondary N) is 1. The van der Waals surface area contributed by atoms with E-state index in [1.54, 1.807) is 7.11 Å². The fourth-order valence-corrected chi connectivity index (χ4v) is 4.60. The van der Waals surface area contributed by atoms with Crippen LogP contribution in [0.15, 0.2) is 66.7 Å². The Balaban J connectivity index is 1.71. The Hall–Kier alpha value is -2.82. The number of pyridine rings is 1. The maximum Gasteiger partial charge on any atom is 0.119 e. The highest BCUT2D eigenvalue weighted by Gasteiger charge is 2.16. The number of rotatable bonds is 10. The molecule has 1 N–H and O–H groups in total. The van der Waals surface area contributed by atoms with Crippen molar-refractivity contribution in [1.82, 2.24) is 9.88 Å².